The van der Waals surface area contributed by atoms with Crippen molar-refractivity contribution in [2.24, 2.45) is 5.92 Å². The summed E-state index contributed by atoms with van der Waals surface area (Å²) in [5.74, 6) is -1.46. The highest BCUT2D eigenvalue weighted by molar-refractivity contribution is 5.94. The first-order valence-corrected chi connectivity index (χ1v) is 11.5. The molecule has 0 aromatic heterocycles. The summed E-state index contributed by atoms with van der Waals surface area (Å²) < 4.78 is 26.7. The molecule has 1 amide bonds. The Hall–Kier alpha value is -2.67. The zero-order chi connectivity index (χ0) is 22.7. The van der Waals surface area contributed by atoms with Crippen molar-refractivity contribution in [3.8, 4) is 0 Å². The number of anilines is 2. The molecule has 0 radical (unpaired) electrons. The SMILES string of the molecule is CC(C)N1CCN(c2ccc(C(=O)NCC3CCN(c4ccc(F)c(F)c4)C3)cc2)CC1. The molecule has 2 aliphatic heterocycles. The quantitative estimate of drug-likeness (QED) is 0.740. The zero-order valence-electron chi connectivity index (χ0n) is 18.9. The molecule has 1 N–H and O–H groups in total. The van der Waals surface area contributed by atoms with Gasteiger partial charge in [0.15, 0.2) is 11.6 Å². The van der Waals surface area contributed by atoms with Crippen LogP contribution >= 0.6 is 0 Å². The molecular weight excluding hydrogens is 410 g/mol. The van der Waals surface area contributed by atoms with Crippen molar-refractivity contribution in [1.29, 1.82) is 0 Å². The summed E-state index contributed by atoms with van der Waals surface area (Å²) >= 11 is 0. The van der Waals surface area contributed by atoms with E-state index in [0.29, 0.717) is 30.4 Å². The van der Waals surface area contributed by atoms with Gasteiger partial charge in [0.25, 0.3) is 5.91 Å². The van der Waals surface area contributed by atoms with Crippen molar-refractivity contribution in [3.05, 3.63) is 59.7 Å². The number of hydrogen-bond acceptors (Lipinski definition) is 4. The third kappa shape index (κ3) is 5.21. The fourth-order valence-corrected chi connectivity index (χ4v) is 4.57. The Bertz CT molecular complexity index is 926. The van der Waals surface area contributed by atoms with Gasteiger partial charge in [-0.25, -0.2) is 8.78 Å². The molecule has 2 aliphatic rings. The molecule has 1 atom stereocenters. The van der Waals surface area contributed by atoms with Crippen LogP contribution in [-0.2, 0) is 0 Å². The number of nitrogens with one attached hydrogen (secondary N) is 1. The monoisotopic (exact) mass is 442 g/mol. The number of piperazine rings is 1. The van der Waals surface area contributed by atoms with Gasteiger partial charge in [-0.1, -0.05) is 0 Å². The standard InChI is InChI=1S/C25H32F2N4O/c1-18(2)29-11-13-30(14-12-29)21-5-3-20(4-6-21)25(32)28-16-19-9-10-31(17-19)22-7-8-23(26)24(27)15-22/h3-8,15,18-19H,9-14,16-17H2,1-2H3,(H,28,32). The number of rotatable bonds is 6. The average molecular weight is 443 g/mol. The number of amides is 1. The van der Waals surface area contributed by atoms with Crippen molar-refractivity contribution in [3.63, 3.8) is 0 Å². The maximum atomic E-state index is 13.5. The first-order valence-electron chi connectivity index (χ1n) is 11.5. The molecule has 0 saturated carbocycles. The van der Waals surface area contributed by atoms with Crippen molar-refractivity contribution >= 4 is 17.3 Å². The molecule has 0 spiro atoms. The van der Waals surface area contributed by atoms with Gasteiger partial charge in [0.05, 0.1) is 0 Å². The van der Waals surface area contributed by atoms with Gasteiger partial charge in [0.1, 0.15) is 0 Å². The fourth-order valence-electron chi connectivity index (χ4n) is 4.57. The normalized spacial score (nSPS) is 19.6. The largest absolute Gasteiger partial charge is 0.371 e. The number of nitrogens with zero attached hydrogens (tertiary/aromatic N) is 3. The highest BCUT2D eigenvalue weighted by atomic mass is 19.2. The number of carbonyl (C=O) groups excluding carboxylic acids is 1. The van der Waals surface area contributed by atoms with E-state index in [0.717, 1.165) is 50.9 Å². The summed E-state index contributed by atoms with van der Waals surface area (Å²) in [5.41, 5.74) is 2.50. The van der Waals surface area contributed by atoms with Gasteiger partial charge in [-0.3, -0.25) is 9.69 Å². The smallest absolute Gasteiger partial charge is 0.251 e. The summed E-state index contributed by atoms with van der Waals surface area (Å²) in [7, 11) is 0. The minimum atomic E-state index is -0.833. The third-order valence-electron chi connectivity index (χ3n) is 6.64. The second-order valence-electron chi connectivity index (χ2n) is 9.07. The lowest BCUT2D eigenvalue weighted by molar-refractivity contribution is 0.0948. The van der Waals surface area contributed by atoms with E-state index in [4.69, 9.17) is 0 Å². The van der Waals surface area contributed by atoms with Crippen LogP contribution in [-0.4, -0.2) is 62.7 Å². The van der Waals surface area contributed by atoms with Gasteiger partial charge >= 0.3 is 0 Å². The van der Waals surface area contributed by atoms with E-state index in [1.54, 1.807) is 6.07 Å². The topological polar surface area (TPSA) is 38.8 Å². The molecule has 0 bridgehead atoms. The molecule has 172 valence electrons. The summed E-state index contributed by atoms with van der Waals surface area (Å²) in [5, 5.41) is 3.03. The molecular formula is C25H32F2N4O. The lowest BCUT2D eigenvalue weighted by Crippen LogP contribution is -2.48. The van der Waals surface area contributed by atoms with E-state index >= 15 is 0 Å². The molecule has 2 heterocycles. The van der Waals surface area contributed by atoms with Gasteiger partial charge in [-0.05, 0) is 62.6 Å². The second-order valence-corrected chi connectivity index (χ2v) is 9.07. The summed E-state index contributed by atoms with van der Waals surface area (Å²) in [4.78, 5) is 19.5. The lowest BCUT2D eigenvalue weighted by atomic mass is 10.1. The Kier molecular flexibility index (Phi) is 6.94. The molecule has 0 aliphatic carbocycles. The Balaban J connectivity index is 1.25. The van der Waals surface area contributed by atoms with E-state index in [1.165, 1.54) is 6.07 Å². The van der Waals surface area contributed by atoms with Crippen molar-refractivity contribution in [1.82, 2.24) is 10.2 Å². The van der Waals surface area contributed by atoms with Crippen molar-refractivity contribution in [2.75, 3.05) is 55.6 Å². The van der Waals surface area contributed by atoms with Crippen LogP contribution in [0.3, 0.4) is 0 Å². The van der Waals surface area contributed by atoms with Gasteiger partial charge in [0, 0.05) is 74.9 Å². The van der Waals surface area contributed by atoms with Crippen LogP contribution in [0.15, 0.2) is 42.5 Å². The molecule has 4 rings (SSSR count). The van der Waals surface area contributed by atoms with Crippen LogP contribution in [0.5, 0.6) is 0 Å². The predicted molar refractivity (Wildman–Crippen MR) is 124 cm³/mol. The Labute approximate surface area is 189 Å². The van der Waals surface area contributed by atoms with Gasteiger partial charge in [0.2, 0.25) is 0 Å². The van der Waals surface area contributed by atoms with Crippen molar-refractivity contribution < 1.29 is 13.6 Å². The van der Waals surface area contributed by atoms with Crippen LogP contribution in [0.2, 0.25) is 0 Å². The van der Waals surface area contributed by atoms with E-state index in [2.05, 4.69) is 29.0 Å². The number of hydrogen-bond donors (Lipinski definition) is 1. The highest BCUT2D eigenvalue weighted by Gasteiger charge is 2.24. The third-order valence-corrected chi connectivity index (χ3v) is 6.64. The average Bonchev–Trinajstić information content (AvgIpc) is 3.28. The maximum Gasteiger partial charge on any atom is 0.251 e. The van der Waals surface area contributed by atoms with E-state index in [1.807, 2.05) is 29.2 Å². The number of halogens is 2. The molecule has 2 aromatic carbocycles. The molecule has 32 heavy (non-hydrogen) atoms. The van der Waals surface area contributed by atoms with Crippen LogP contribution in [0.1, 0.15) is 30.6 Å². The highest BCUT2D eigenvalue weighted by Crippen LogP contribution is 2.25. The fraction of sp³-hybridized carbons (Fsp3) is 0.480. The molecule has 2 aromatic rings. The Morgan fingerprint density at radius 3 is 2.28 bits per heavy atom. The minimum Gasteiger partial charge on any atom is -0.371 e. The molecule has 2 fully saturated rings. The molecule has 1 unspecified atom stereocenters. The minimum absolute atomic E-state index is 0.0764. The number of carbonyl (C=O) groups is 1. The molecule has 5 nitrogen and oxygen atoms in total. The van der Waals surface area contributed by atoms with Gasteiger partial charge < -0.3 is 15.1 Å². The molecule has 2 saturated heterocycles. The maximum absolute atomic E-state index is 13.5. The van der Waals surface area contributed by atoms with Crippen LogP contribution in [0.4, 0.5) is 20.2 Å². The molecule has 7 heteroatoms. The second kappa shape index (κ2) is 9.86. The van der Waals surface area contributed by atoms with Gasteiger partial charge in [-0.15, -0.1) is 0 Å². The summed E-state index contributed by atoms with van der Waals surface area (Å²) in [6.07, 6.45) is 0.903. The van der Waals surface area contributed by atoms with Crippen LogP contribution in [0, 0.1) is 17.6 Å². The van der Waals surface area contributed by atoms with Crippen molar-refractivity contribution in [2.45, 2.75) is 26.3 Å². The predicted octanol–water partition coefficient (Wildman–Crippen LogP) is 3.75. The van der Waals surface area contributed by atoms with Gasteiger partial charge in [-0.2, -0.15) is 0 Å². The first-order chi connectivity index (χ1) is 15.4. The summed E-state index contributed by atoms with van der Waals surface area (Å²) in [6, 6.07) is 12.4. The van der Waals surface area contributed by atoms with E-state index in [-0.39, 0.29) is 11.8 Å². The van der Waals surface area contributed by atoms with E-state index < -0.39 is 11.6 Å². The van der Waals surface area contributed by atoms with E-state index in [9.17, 15) is 13.6 Å². The number of benzene rings is 2. The Morgan fingerprint density at radius 2 is 1.62 bits per heavy atom. The summed E-state index contributed by atoms with van der Waals surface area (Å²) in [6.45, 7) is 10.6. The van der Waals surface area contributed by atoms with Crippen LogP contribution in [0.25, 0.3) is 0 Å². The van der Waals surface area contributed by atoms with Crippen LogP contribution < -0.4 is 15.1 Å². The lowest BCUT2D eigenvalue weighted by Gasteiger charge is -2.38. The zero-order valence-corrected chi connectivity index (χ0v) is 18.9. The first kappa shape index (κ1) is 22.5. The Morgan fingerprint density at radius 1 is 0.938 bits per heavy atom.